The monoisotopic (exact) mass is 150 g/mol. The quantitative estimate of drug-likeness (QED) is 0.462. The summed E-state index contributed by atoms with van der Waals surface area (Å²) in [6.45, 7) is 0. The summed E-state index contributed by atoms with van der Waals surface area (Å²) in [6.07, 6.45) is -1.83. The predicted octanol–water partition coefficient (Wildman–Crippen LogP) is -0.429. The van der Waals surface area contributed by atoms with E-state index in [1.54, 1.807) is 0 Å². The molecule has 0 bridgehead atoms. The van der Waals surface area contributed by atoms with Gasteiger partial charge in [-0.05, 0) is 0 Å². The number of hydrogen-bond donors (Lipinski definition) is 2. The molecule has 0 aliphatic heterocycles. The summed E-state index contributed by atoms with van der Waals surface area (Å²) in [5, 5.41) is 13.9. The van der Waals surface area contributed by atoms with Crippen molar-refractivity contribution in [1.29, 1.82) is 0 Å². The summed E-state index contributed by atoms with van der Waals surface area (Å²) in [4.78, 5) is 8.56. The van der Waals surface area contributed by atoms with E-state index in [4.69, 9.17) is 15.0 Å². The first-order chi connectivity index (χ1) is 1.73. The van der Waals surface area contributed by atoms with Crippen LogP contribution in [0.15, 0.2) is 0 Å². The van der Waals surface area contributed by atoms with Gasteiger partial charge in [0.25, 0.3) is 0 Å². The fourth-order valence-electron chi connectivity index (χ4n) is 0. The Morgan fingerprint density at radius 2 is 1.33 bits per heavy atom. The Bertz CT molecular complexity index is 33.8. The van der Waals surface area contributed by atoms with E-state index in [0.29, 0.717) is 0 Å². The Hall–Kier alpha value is 0.893. The van der Waals surface area contributed by atoms with Crippen LogP contribution in [-0.2, 0) is 19.5 Å². The van der Waals surface area contributed by atoms with Crippen LogP contribution in [0, 0.1) is 0 Å². The standard InChI is InChI=1S/CH2O3.Na.Zn.H/c2-1(3)4;;;/h(H2,2,3,4);;;. The average Bonchev–Trinajstić information content (AvgIpc) is 0.811. The zero-order valence-corrected chi connectivity index (χ0v) is 5.48. The van der Waals surface area contributed by atoms with Crippen molar-refractivity contribution in [2.24, 2.45) is 0 Å². The number of carbonyl (C=O) groups is 1. The van der Waals surface area contributed by atoms with Crippen molar-refractivity contribution < 1.29 is 34.5 Å². The van der Waals surface area contributed by atoms with Crippen molar-refractivity contribution in [2.75, 3.05) is 0 Å². The van der Waals surface area contributed by atoms with E-state index in [2.05, 4.69) is 0 Å². The van der Waals surface area contributed by atoms with Crippen LogP contribution in [0.4, 0.5) is 4.79 Å². The number of hydrogen-bond acceptors (Lipinski definition) is 1. The van der Waals surface area contributed by atoms with E-state index >= 15 is 0 Å². The molecule has 0 aromatic rings. The molecule has 0 saturated heterocycles. The van der Waals surface area contributed by atoms with Gasteiger partial charge in [-0.15, -0.1) is 0 Å². The third-order valence-corrected chi connectivity index (χ3v) is 0. The summed E-state index contributed by atoms with van der Waals surface area (Å²) < 4.78 is 0. The molecule has 0 atom stereocenters. The smallest absolute Gasteiger partial charge is 0 e. The molecule has 0 aromatic heterocycles. The third-order valence-electron chi connectivity index (χ3n) is 0. The van der Waals surface area contributed by atoms with Crippen LogP contribution in [0.25, 0.3) is 0 Å². The average molecular weight is 151 g/mol. The molecule has 5 heteroatoms. The molecular formula is CH3NaO3Zn. The van der Waals surface area contributed by atoms with Gasteiger partial charge in [-0.3, -0.25) is 0 Å². The van der Waals surface area contributed by atoms with Crippen molar-refractivity contribution in [1.82, 2.24) is 0 Å². The summed E-state index contributed by atoms with van der Waals surface area (Å²) in [5.74, 6) is 0. The van der Waals surface area contributed by atoms with Crippen LogP contribution in [0.3, 0.4) is 0 Å². The first-order valence-corrected chi connectivity index (χ1v) is 0.651. The van der Waals surface area contributed by atoms with Crippen molar-refractivity contribution in [3.8, 4) is 0 Å². The molecule has 0 spiro atoms. The van der Waals surface area contributed by atoms with Gasteiger partial charge >= 0.3 is 35.7 Å². The Morgan fingerprint density at radius 3 is 1.33 bits per heavy atom. The molecule has 0 unspecified atom stereocenters. The van der Waals surface area contributed by atoms with E-state index in [1.807, 2.05) is 0 Å². The van der Waals surface area contributed by atoms with Crippen LogP contribution >= 0.6 is 0 Å². The minimum absolute atomic E-state index is 0. The molecule has 28 valence electrons. The van der Waals surface area contributed by atoms with E-state index in [0.717, 1.165) is 0 Å². The fourth-order valence-corrected chi connectivity index (χ4v) is 0. The second-order valence-electron chi connectivity index (χ2n) is 0.283. The predicted molar refractivity (Wildman–Crippen MR) is 17.8 cm³/mol. The van der Waals surface area contributed by atoms with Crippen molar-refractivity contribution >= 4 is 35.7 Å². The summed E-state index contributed by atoms with van der Waals surface area (Å²) >= 11 is 0. The Balaban J connectivity index is -0.0000000450. The van der Waals surface area contributed by atoms with Gasteiger partial charge in [0.05, 0.1) is 0 Å². The molecule has 0 aromatic carbocycles. The van der Waals surface area contributed by atoms with Crippen LogP contribution in [-0.4, -0.2) is 45.9 Å². The van der Waals surface area contributed by atoms with Gasteiger partial charge in [-0.2, -0.15) is 0 Å². The molecule has 0 aliphatic rings. The van der Waals surface area contributed by atoms with Crippen molar-refractivity contribution in [2.45, 2.75) is 0 Å². The van der Waals surface area contributed by atoms with Crippen molar-refractivity contribution in [3.05, 3.63) is 0 Å². The largest absolute Gasteiger partial charge is 0 e. The molecule has 0 rings (SSSR count). The maximum Gasteiger partial charge on any atom is 0 e. The molecule has 0 aliphatic carbocycles. The molecule has 0 radical (unpaired) electrons. The number of rotatable bonds is 0. The normalized spacial score (nSPS) is 4.00. The van der Waals surface area contributed by atoms with E-state index in [9.17, 15) is 0 Å². The second-order valence-corrected chi connectivity index (χ2v) is 0.283. The van der Waals surface area contributed by atoms with Crippen LogP contribution < -0.4 is 0 Å². The maximum atomic E-state index is 8.56. The molecule has 6 heavy (non-hydrogen) atoms. The second kappa shape index (κ2) is 9.31. The summed E-state index contributed by atoms with van der Waals surface area (Å²) in [5.41, 5.74) is 0. The van der Waals surface area contributed by atoms with Gasteiger partial charge in [0.15, 0.2) is 0 Å². The molecule has 0 saturated carbocycles. The first kappa shape index (κ1) is 15.8. The van der Waals surface area contributed by atoms with E-state index in [-0.39, 0.29) is 49.0 Å². The number of carboxylic acid groups (broad SMARTS) is 2. The fraction of sp³-hybridized carbons (Fsp3) is 0. The minimum Gasteiger partial charge on any atom is 0 e. The zero-order valence-electron chi connectivity index (χ0n) is 2.51. The molecule has 3 nitrogen and oxygen atoms in total. The Kier molecular flexibility index (Phi) is 24.5. The maximum absolute atomic E-state index is 8.56. The van der Waals surface area contributed by atoms with E-state index < -0.39 is 6.16 Å². The van der Waals surface area contributed by atoms with Gasteiger partial charge in [-0.25, -0.2) is 4.79 Å². The molecule has 0 fully saturated rings. The minimum atomic E-state index is -1.83. The third kappa shape index (κ3) is 92.9. The topological polar surface area (TPSA) is 57.5 Å². The Labute approximate surface area is 69.8 Å². The summed E-state index contributed by atoms with van der Waals surface area (Å²) in [7, 11) is 0. The van der Waals surface area contributed by atoms with Gasteiger partial charge in [-0.1, -0.05) is 0 Å². The van der Waals surface area contributed by atoms with Crippen molar-refractivity contribution in [3.63, 3.8) is 0 Å². The van der Waals surface area contributed by atoms with Gasteiger partial charge in [0.1, 0.15) is 0 Å². The van der Waals surface area contributed by atoms with Crippen LogP contribution in [0.2, 0.25) is 0 Å². The van der Waals surface area contributed by atoms with Gasteiger partial charge < -0.3 is 10.2 Å². The summed E-state index contributed by atoms with van der Waals surface area (Å²) in [6, 6.07) is 0. The van der Waals surface area contributed by atoms with Crippen LogP contribution in [0.1, 0.15) is 0 Å². The zero-order chi connectivity index (χ0) is 3.58. The first-order valence-electron chi connectivity index (χ1n) is 0.651. The SMILES string of the molecule is O=C(O)O.[NaH].[Zn]. The molecule has 0 amide bonds. The van der Waals surface area contributed by atoms with Crippen LogP contribution in [0.5, 0.6) is 0 Å². The molecular weight excluding hydrogens is 148 g/mol. The Morgan fingerprint density at radius 1 is 1.33 bits per heavy atom. The molecule has 2 N–H and O–H groups in total. The van der Waals surface area contributed by atoms with Gasteiger partial charge in [0, 0.05) is 19.5 Å². The van der Waals surface area contributed by atoms with E-state index in [1.165, 1.54) is 0 Å². The molecule has 0 heterocycles. The van der Waals surface area contributed by atoms with Gasteiger partial charge in [0.2, 0.25) is 0 Å².